The predicted octanol–water partition coefficient (Wildman–Crippen LogP) is 4.10. The molecule has 0 aromatic rings. The summed E-state index contributed by atoms with van der Waals surface area (Å²) in [6, 6.07) is 0. The Morgan fingerprint density at radius 3 is 2.25 bits per heavy atom. The minimum Gasteiger partial charge on any atom is -0.0628 e. The molecule has 72 valence electrons. The Labute approximate surface area is 77.7 Å². The molecule has 0 saturated heterocycles. The summed E-state index contributed by atoms with van der Waals surface area (Å²) in [4.78, 5) is 0. The molecule has 0 bridgehead atoms. The molecule has 0 radical (unpaired) electrons. The Kier molecular flexibility index (Phi) is 3.61. The van der Waals surface area contributed by atoms with Gasteiger partial charge >= 0.3 is 0 Å². The highest BCUT2D eigenvalue weighted by atomic mass is 14.4. The summed E-state index contributed by atoms with van der Waals surface area (Å²) in [5.74, 6) is 4.02. The average molecular weight is 168 g/mol. The first-order valence-corrected chi connectivity index (χ1v) is 5.61. The Morgan fingerprint density at radius 1 is 1.17 bits per heavy atom. The zero-order valence-corrected chi connectivity index (χ0v) is 9.14. The molecule has 2 atom stereocenters. The van der Waals surface area contributed by atoms with Gasteiger partial charge in [-0.2, -0.15) is 0 Å². The Morgan fingerprint density at radius 2 is 1.83 bits per heavy atom. The smallest absolute Gasteiger partial charge is 0.0360 e. The second kappa shape index (κ2) is 4.30. The van der Waals surface area contributed by atoms with Crippen LogP contribution in [0.15, 0.2) is 0 Å². The van der Waals surface area contributed by atoms with Gasteiger partial charge in [0.25, 0.3) is 0 Å². The minimum absolute atomic E-state index is 0.904. The molecule has 2 unspecified atom stereocenters. The summed E-state index contributed by atoms with van der Waals surface area (Å²) in [6.07, 6.45) is 5.92. The second-order valence-corrected chi connectivity index (χ2v) is 5.23. The van der Waals surface area contributed by atoms with Crippen LogP contribution < -0.4 is 0 Å². The molecule has 1 rings (SSSR count). The highest BCUT2D eigenvalue weighted by Gasteiger charge is 2.37. The molecule has 0 spiro atoms. The lowest BCUT2D eigenvalue weighted by atomic mass is 10.0. The predicted molar refractivity (Wildman–Crippen MR) is 55.1 cm³/mol. The van der Waals surface area contributed by atoms with Crippen LogP contribution in [0.3, 0.4) is 0 Å². The number of hydrogen-bond donors (Lipinski definition) is 0. The molecule has 0 aromatic heterocycles. The van der Waals surface area contributed by atoms with Crippen molar-refractivity contribution in [2.75, 3.05) is 0 Å². The fourth-order valence-corrected chi connectivity index (χ4v) is 2.21. The number of rotatable bonds is 5. The first-order chi connectivity index (χ1) is 5.61. The second-order valence-electron chi connectivity index (χ2n) is 5.23. The van der Waals surface area contributed by atoms with E-state index in [0.29, 0.717) is 0 Å². The van der Waals surface area contributed by atoms with Gasteiger partial charge in [0.2, 0.25) is 0 Å². The lowest BCUT2D eigenvalue weighted by Crippen LogP contribution is -1.94. The van der Waals surface area contributed by atoms with Gasteiger partial charge in [-0.05, 0) is 30.1 Å². The summed E-state index contributed by atoms with van der Waals surface area (Å²) >= 11 is 0. The molecule has 1 fully saturated rings. The molecule has 0 amide bonds. The molecule has 0 heterocycles. The summed E-state index contributed by atoms with van der Waals surface area (Å²) < 4.78 is 0. The van der Waals surface area contributed by atoms with E-state index in [1.54, 1.807) is 0 Å². The van der Waals surface area contributed by atoms with Gasteiger partial charge in [-0.25, -0.2) is 0 Å². The van der Waals surface area contributed by atoms with Crippen LogP contribution in [0.1, 0.15) is 53.4 Å². The van der Waals surface area contributed by atoms with Crippen LogP contribution in [0.5, 0.6) is 0 Å². The summed E-state index contributed by atoms with van der Waals surface area (Å²) in [5, 5.41) is 0. The maximum Gasteiger partial charge on any atom is -0.0360 e. The molecule has 0 nitrogen and oxygen atoms in total. The van der Waals surface area contributed by atoms with E-state index in [0.717, 1.165) is 23.7 Å². The highest BCUT2D eigenvalue weighted by Crippen LogP contribution is 2.47. The molecule has 0 N–H and O–H groups in total. The van der Waals surface area contributed by atoms with Crippen LogP contribution in [0.2, 0.25) is 0 Å². The normalized spacial score (nSPS) is 28.5. The fraction of sp³-hybridized carbons (Fsp3) is 1.00. The van der Waals surface area contributed by atoms with Crippen molar-refractivity contribution in [3.8, 4) is 0 Å². The maximum absolute atomic E-state index is 2.37. The van der Waals surface area contributed by atoms with Crippen molar-refractivity contribution < 1.29 is 0 Å². The van der Waals surface area contributed by atoms with Gasteiger partial charge in [0, 0.05) is 0 Å². The standard InChI is InChI=1S/C12H24/c1-9(2)6-5-7-11-8-12(11)10(3)4/h9-12H,5-8H2,1-4H3. The van der Waals surface area contributed by atoms with E-state index in [9.17, 15) is 0 Å². The zero-order valence-electron chi connectivity index (χ0n) is 9.14. The summed E-state index contributed by atoms with van der Waals surface area (Å²) in [6.45, 7) is 9.39. The van der Waals surface area contributed by atoms with E-state index >= 15 is 0 Å². The van der Waals surface area contributed by atoms with Gasteiger partial charge in [-0.15, -0.1) is 0 Å². The van der Waals surface area contributed by atoms with E-state index in [1.807, 2.05) is 0 Å². The lowest BCUT2D eigenvalue weighted by molar-refractivity contribution is 0.467. The van der Waals surface area contributed by atoms with Crippen molar-refractivity contribution in [3.63, 3.8) is 0 Å². The quantitative estimate of drug-likeness (QED) is 0.579. The SMILES string of the molecule is CC(C)CCCC1CC1C(C)C. The number of hydrogen-bond acceptors (Lipinski definition) is 0. The molecular formula is C12H24. The van der Waals surface area contributed by atoms with E-state index in [2.05, 4.69) is 27.7 Å². The van der Waals surface area contributed by atoms with Gasteiger partial charge < -0.3 is 0 Å². The fourth-order valence-electron chi connectivity index (χ4n) is 2.21. The topological polar surface area (TPSA) is 0 Å². The maximum atomic E-state index is 2.37. The van der Waals surface area contributed by atoms with Gasteiger partial charge in [-0.1, -0.05) is 47.0 Å². The largest absolute Gasteiger partial charge is 0.0628 e. The van der Waals surface area contributed by atoms with Crippen LogP contribution in [0.25, 0.3) is 0 Å². The average Bonchev–Trinajstić information content (AvgIpc) is 2.66. The monoisotopic (exact) mass is 168 g/mol. The van der Waals surface area contributed by atoms with Crippen LogP contribution in [0, 0.1) is 23.7 Å². The molecule has 0 aliphatic heterocycles. The van der Waals surface area contributed by atoms with Crippen molar-refractivity contribution in [3.05, 3.63) is 0 Å². The van der Waals surface area contributed by atoms with Crippen molar-refractivity contribution in [1.29, 1.82) is 0 Å². The van der Waals surface area contributed by atoms with Crippen molar-refractivity contribution in [2.45, 2.75) is 53.4 Å². The van der Waals surface area contributed by atoms with E-state index in [4.69, 9.17) is 0 Å². The van der Waals surface area contributed by atoms with Crippen molar-refractivity contribution in [1.82, 2.24) is 0 Å². The van der Waals surface area contributed by atoms with Crippen molar-refractivity contribution >= 4 is 0 Å². The first kappa shape index (κ1) is 10.1. The van der Waals surface area contributed by atoms with Gasteiger partial charge in [0.05, 0.1) is 0 Å². The molecule has 0 aromatic carbocycles. The van der Waals surface area contributed by atoms with Gasteiger partial charge in [0.15, 0.2) is 0 Å². The molecule has 1 aliphatic carbocycles. The third-order valence-corrected chi connectivity index (χ3v) is 3.19. The molecule has 1 saturated carbocycles. The third-order valence-electron chi connectivity index (χ3n) is 3.19. The van der Waals surface area contributed by atoms with Crippen LogP contribution in [0.4, 0.5) is 0 Å². The van der Waals surface area contributed by atoms with E-state index in [1.165, 1.54) is 25.7 Å². The Balaban J connectivity index is 1.97. The van der Waals surface area contributed by atoms with E-state index < -0.39 is 0 Å². The minimum atomic E-state index is 0.904. The van der Waals surface area contributed by atoms with Gasteiger partial charge in [-0.3, -0.25) is 0 Å². The molecule has 12 heavy (non-hydrogen) atoms. The third kappa shape index (κ3) is 3.16. The summed E-state index contributed by atoms with van der Waals surface area (Å²) in [5.41, 5.74) is 0. The van der Waals surface area contributed by atoms with Crippen LogP contribution >= 0.6 is 0 Å². The Bertz CT molecular complexity index is 124. The zero-order chi connectivity index (χ0) is 9.14. The first-order valence-electron chi connectivity index (χ1n) is 5.61. The Hall–Kier alpha value is 0. The summed E-state index contributed by atoms with van der Waals surface area (Å²) in [7, 11) is 0. The van der Waals surface area contributed by atoms with Gasteiger partial charge in [0.1, 0.15) is 0 Å². The van der Waals surface area contributed by atoms with E-state index in [-0.39, 0.29) is 0 Å². The molecular weight excluding hydrogens is 144 g/mol. The van der Waals surface area contributed by atoms with Crippen molar-refractivity contribution in [2.24, 2.45) is 23.7 Å². The molecule has 0 heteroatoms. The highest BCUT2D eigenvalue weighted by molar-refractivity contribution is 4.87. The van der Waals surface area contributed by atoms with Crippen LogP contribution in [-0.2, 0) is 0 Å². The lowest BCUT2D eigenvalue weighted by Gasteiger charge is -2.05. The van der Waals surface area contributed by atoms with Crippen LogP contribution in [-0.4, -0.2) is 0 Å². The molecule has 1 aliphatic rings.